The van der Waals surface area contributed by atoms with E-state index in [9.17, 15) is 8.78 Å². The zero-order valence-electron chi connectivity index (χ0n) is 18.4. The molecule has 1 N–H and O–H groups in total. The van der Waals surface area contributed by atoms with Gasteiger partial charge in [-0.2, -0.15) is 9.97 Å². The Morgan fingerprint density at radius 2 is 1.79 bits per heavy atom. The van der Waals surface area contributed by atoms with Gasteiger partial charge in [0.05, 0.1) is 9.50 Å². The first-order valence-corrected chi connectivity index (χ1v) is 12.5. The fourth-order valence-electron chi connectivity index (χ4n) is 4.53. The largest absolute Gasteiger partial charge is 0.486 e. The van der Waals surface area contributed by atoms with Gasteiger partial charge < -0.3 is 24.6 Å². The highest BCUT2D eigenvalue weighted by atomic mass is 79.9. The monoisotopic (exact) mass is 545 g/mol. The molecule has 1 saturated carbocycles. The molecule has 0 radical (unpaired) electrons. The molecular weight excluding hydrogens is 520 g/mol. The lowest BCUT2D eigenvalue weighted by Crippen LogP contribution is -2.44. The SMILES string of the molecule is CN1CCC(Oc2nc(N3CCNCC3)c3cc(Cl)c(Br)c(OC4CC(F)(F)C4)c3n2)CC1. The van der Waals surface area contributed by atoms with Crippen LogP contribution in [-0.2, 0) is 0 Å². The van der Waals surface area contributed by atoms with E-state index in [1.165, 1.54) is 0 Å². The van der Waals surface area contributed by atoms with Gasteiger partial charge in [0.1, 0.15) is 23.5 Å². The van der Waals surface area contributed by atoms with Gasteiger partial charge in [0, 0.05) is 57.5 Å². The van der Waals surface area contributed by atoms with E-state index in [0.717, 1.165) is 63.3 Å². The van der Waals surface area contributed by atoms with Crippen LogP contribution in [0.5, 0.6) is 11.8 Å². The van der Waals surface area contributed by atoms with E-state index in [1.807, 2.05) is 0 Å². The number of piperidine rings is 1. The molecule has 3 aliphatic rings. The molecule has 2 saturated heterocycles. The molecule has 2 aromatic rings. The number of anilines is 1. The Balaban J connectivity index is 1.55. The summed E-state index contributed by atoms with van der Waals surface area (Å²) in [5.41, 5.74) is 0.521. The highest BCUT2D eigenvalue weighted by Gasteiger charge is 2.47. The van der Waals surface area contributed by atoms with Crippen LogP contribution < -0.4 is 19.7 Å². The van der Waals surface area contributed by atoms with E-state index in [4.69, 9.17) is 31.0 Å². The Morgan fingerprint density at radius 3 is 2.45 bits per heavy atom. The summed E-state index contributed by atoms with van der Waals surface area (Å²) in [6, 6.07) is 2.09. The van der Waals surface area contributed by atoms with E-state index < -0.39 is 12.0 Å². The maximum Gasteiger partial charge on any atom is 0.319 e. The minimum atomic E-state index is -2.69. The molecule has 11 heteroatoms. The van der Waals surface area contributed by atoms with Crippen molar-refractivity contribution in [2.75, 3.05) is 51.2 Å². The average Bonchev–Trinajstić information content (AvgIpc) is 2.77. The van der Waals surface area contributed by atoms with E-state index >= 15 is 0 Å². The number of aromatic nitrogens is 2. The quantitative estimate of drug-likeness (QED) is 0.606. The zero-order chi connectivity index (χ0) is 23.2. The molecule has 1 aliphatic carbocycles. The van der Waals surface area contributed by atoms with Gasteiger partial charge in [0.2, 0.25) is 0 Å². The Bertz CT molecular complexity index is 1020. The summed E-state index contributed by atoms with van der Waals surface area (Å²) in [6.45, 7) is 5.13. The van der Waals surface area contributed by atoms with Crippen molar-refractivity contribution in [3.8, 4) is 11.8 Å². The predicted octanol–water partition coefficient (Wildman–Crippen LogP) is 4.10. The van der Waals surface area contributed by atoms with Crippen LogP contribution in [0.3, 0.4) is 0 Å². The van der Waals surface area contributed by atoms with Crippen molar-refractivity contribution < 1.29 is 18.3 Å². The number of fused-ring (bicyclic) bond motifs is 1. The van der Waals surface area contributed by atoms with Gasteiger partial charge in [-0.1, -0.05) is 11.6 Å². The van der Waals surface area contributed by atoms with Gasteiger partial charge in [0.25, 0.3) is 5.92 Å². The van der Waals surface area contributed by atoms with Gasteiger partial charge in [-0.05, 0) is 41.9 Å². The van der Waals surface area contributed by atoms with Crippen molar-refractivity contribution >= 4 is 44.3 Å². The molecule has 3 heterocycles. The van der Waals surface area contributed by atoms with Crippen molar-refractivity contribution in [2.24, 2.45) is 0 Å². The molecule has 0 unspecified atom stereocenters. The van der Waals surface area contributed by atoms with Crippen LogP contribution in [0.15, 0.2) is 10.5 Å². The molecule has 1 aromatic carbocycles. The smallest absolute Gasteiger partial charge is 0.319 e. The fourth-order valence-corrected chi connectivity index (χ4v) is 5.12. The van der Waals surface area contributed by atoms with Gasteiger partial charge >= 0.3 is 6.01 Å². The van der Waals surface area contributed by atoms with Gasteiger partial charge in [-0.15, -0.1) is 0 Å². The van der Waals surface area contributed by atoms with Crippen LogP contribution in [0.25, 0.3) is 10.9 Å². The number of alkyl halides is 2. The standard InChI is InChI=1S/C22H27BrClF2N5O2/c1-30-6-2-13(3-7-30)33-21-28-18-15(20(29-21)31-8-4-27-5-9-31)10-16(24)17(23)19(18)32-14-11-22(25,26)12-14/h10,13-14,27H,2-9,11-12H2,1H3. The summed E-state index contributed by atoms with van der Waals surface area (Å²) in [7, 11) is 2.10. The summed E-state index contributed by atoms with van der Waals surface area (Å²) in [4.78, 5) is 13.9. The summed E-state index contributed by atoms with van der Waals surface area (Å²) in [5, 5.41) is 4.50. The number of ether oxygens (including phenoxy) is 2. The summed E-state index contributed by atoms with van der Waals surface area (Å²) >= 11 is 10.0. The number of nitrogens with zero attached hydrogens (tertiary/aromatic N) is 4. The maximum atomic E-state index is 13.5. The number of nitrogens with one attached hydrogen (secondary N) is 1. The third kappa shape index (κ3) is 4.99. The Hall–Kier alpha value is -1.49. The molecular formula is C22H27BrClF2N5O2. The molecule has 180 valence electrons. The van der Waals surface area contributed by atoms with Crippen LogP contribution >= 0.6 is 27.5 Å². The van der Waals surface area contributed by atoms with Crippen LogP contribution in [0.1, 0.15) is 25.7 Å². The van der Waals surface area contributed by atoms with Gasteiger partial charge in [0.15, 0.2) is 5.75 Å². The topological polar surface area (TPSA) is 62.8 Å². The highest BCUT2D eigenvalue weighted by molar-refractivity contribution is 9.10. The summed E-state index contributed by atoms with van der Waals surface area (Å²) < 4.78 is 39.7. The van der Waals surface area contributed by atoms with Crippen LogP contribution in [0.4, 0.5) is 14.6 Å². The fraction of sp³-hybridized carbons (Fsp3) is 0.636. The van der Waals surface area contributed by atoms with Gasteiger partial charge in [-0.25, -0.2) is 8.78 Å². The molecule has 7 nitrogen and oxygen atoms in total. The lowest BCUT2D eigenvalue weighted by Gasteiger charge is -2.35. The Labute approximate surface area is 204 Å². The summed E-state index contributed by atoms with van der Waals surface area (Å²) in [6.07, 6.45) is 0.593. The van der Waals surface area contributed by atoms with E-state index in [2.05, 4.69) is 38.1 Å². The van der Waals surface area contributed by atoms with Gasteiger partial charge in [-0.3, -0.25) is 0 Å². The zero-order valence-corrected chi connectivity index (χ0v) is 20.8. The number of benzene rings is 1. The molecule has 0 spiro atoms. The molecule has 2 aliphatic heterocycles. The van der Waals surface area contributed by atoms with Crippen molar-refractivity contribution in [3.05, 3.63) is 15.6 Å². The van der Waals surface area contributed by atoms with Crippen molar-refractivity contribution in [3.63, 3.8) is 0 Å². The van der Waals surface area contributed by atoms with Crippen LogP contribution in [-0.4, -0.2) is 79.3 Å². The lowest BCUT2D eigenvalue weighted by molar-refractivity contribution is -0.134. The molecule has 33 heavy (non-hydrogen) atoms. The normalized spacial score (nSPS) is 22.4. The van der Waals surface area contributed by atoms with Crippen molar-refractivity contribution in [1.29, 1.82) is 0 Å². The maximum absolute atomic E-state index is 13.5. The number of hydrogen-bond donors (Lipinski definition) is 1. The summed E-state index contributed by atoms with van der Waals surface area (Å²) in [5.74, 6) is -1.60. The minimum Gasteiger partial charge on any atom is -0.486 e. The first kappa shape index (κ1) is 23.3. The second-order valence-corrected chi connectivity index (χ2v) is 10.3. The third-order valence-corrected chi connectivity index (χ3v) is 7.81. The number of piperazine rings is 1. The number of rotatable bonds is 5. The number of hydrogen-bond acceptors (Lipinski definition) is 7. The highest BCUT2D eigenvalue weighted by Crippen LogP contribution is 2.46. The van der Waals surface area contributed by atoms with Crippen LogP contribution in [0.2, 0.25) is 5.02 Å². The second-order valence-electron chi connectivity index (χ2n) is 9.09. The molecule has 5 rings (SSSR count). The van der Waals surface area contributed by atoms with Crippen molar-refractivity contribution in [2.45, 2.75) is 43.8 Å². The van der Waals surface area contributed by atoms with E-state index in [1.54, 1.807) is 6.07 Å². The molecule has 3 fully saturated rings. The van der Waals surface area contributed by atoms with Crippen LogP contribution in [0, 0.1) is 0 Å². The third-order valence-electron chi connectivity index (χ3n) is 6.49. The van der Waals surface area contributed by atoms with E-state index in [0.29, 0.717) is 20.8 Å². The average molecular weight is 547 g/mol. The van der Waals surface area contributed by atoms with E-state index in [-0.39, 0.29) is 25.0 Å². The molecule has 0 bridgehead atoms. The first-order valence-electron chi connectivity index (χ1n) is 11.3. The second kappa shape index (κ2) is 9.28. The Morgan fingerprint density at radius 1 is 1.09 bits per heavy atom. The minimum absolute atomic E-state index is 0.0277. The predicted molar refractivity (Wildman–Crippen MR) is 127 cm³/mol. The number of likely N-dealkylation sites (tertiary alicyclic amines) is 1. The molecule has 1 aromatic heterocycles. The lowest BCUT2D eigenvalue weighted by atomic mass is 9.91. The van der Waals surface area contributed by atoms with Crippen molar-refractivity contribution in [1.82, 2.24) is 20.2 Å². The number of halogens is 4. The first-order chi connectivity index (χ1) is 15.8. The Kier molecular flexibility index (Phi) is 6.54. The molecule has 0 amide bonds. The molecule has 0 atom stereocenters.